The molecule has 2 heterocycles. The number of aromatic nitrogens is 4. The van der Waals surface area contributed by atoms with Crippen molar-refractivity contribution in [1.29, 1.82) is 0 Å². The van der Waals surface area contributed by atoms with Gasteiger partial charge in [-0.25, -0.2) is 9.36 Å². The van der Waals surface area contributed by atoms with Crippen LogP contribution in [-0.4, -0.2) is 25.0 Å². The summed E-state index contributed by atoms with van der Waals surface area (Å²) < 4.78 is 5.74. The Balaban J connectivity index is 1.84. The number of hydrogen-bond donors (Lipinski definition) is 1. The lowest BCUT2D eigenvalue weighted by atomic mass is 10.2. The first-order valence-corrected chi connectivity index (χ1v) is 8.19. The number of nitrogens with one attached hydrogen (secondary N) is 1. The molecule has 24 heavy (non-hydrogen) atoms. The van der Waals surface area contributed by atoms with Gasteiger partial charge < -0.3 is 5.32 Å². The fraction of sp³-hybridized carbons (Fsp3) is 0.235. The van der Waals surface area contributed by atoms with Gasteiger partial charge >= 0.3 is 0 Å². The molecule has 0 saturated carbocycles. The van der Waals surface area contributed by atoms with Crippen molar-refractivity contribution in [1.82, 2.24) is 19.1 Å². The van der Waals surface area contributed by atoms with Gasteiger partial charge in [-0.05, 0) is 42.9 Å². The first-order chi connectivity index (χ1) is 11.6. The van der Waals surface area contributed by atoms with E-state index < -0.39 is 0 Å². The molecule has 2 aromatic heterocycles. The molecule has 1 aromatic carbocycles. The van der Waals surface area contributed by atoms with Crippen LogP contribution in [0.25, 0.3) is 0 Å². The summed E-state index contributed by atoms with van der Waals surface area (Å²) in [7, 11) is 0. The Morgan fingerprint density at radius 2 is 1.92 bits per heavy atom. The van der Waals surface area contributed by atoms with Crippen LogP contribution in [0, 0.1) is 11.7 Å². The maximum absolute atomic E-state index is 12.3. The molecule has 0 atom stereocenters. The van der Waals surface area contributed by atoms with Crippen molar-refractivity contribution in [2.75, 3.05) is 5.32 Å². The third-order valence-corrected chi connectivity index (χ3v) is 4.11. The standard InChI is InChI=1S/C17H19N5OS/c1-3-15-19-21(17(24)22(15)20-10-6-7-11-20)12-16(23)18-14-9-5-4-8-13(14)2/h4-11H,3,12H2,1-2H3,(H,18,23). The summed E-state index contributed by atoms with van der Waals surface area (Å²) in [4.78, 5) is 12.3. The predicted octanol–water partition coefficient (Wildman–Crippen LogP) is 3.04. The van der Waals surface area contributed by atoms with Crippen LogP contribution in [0.15, 0.2) is 48.8 Å². The van der Waals surface area contributed by atoms with Gasteiger partial charge in [0, 0.05) is 24.5 Å². The van der Waals surface area contributed by atoms with Crippen LogP contribution in [0.5, 0.6) is 0 Å². The van der Waals surface area contributed by atoms with E-state index in [4.69, 9.17) is 12.2 Å². The maximum Gasteiger partial charge on any atom is 0.246 e. The highest BCUT2D eigenvalue weighted by Gasteiger charge is 2.13. The van der Waals surface area contributed by atoms with Gasteiger partial charge in [-0.15, -0.1) is 0 Å². The van der Waals surface area contributed by atoms with Crippen molar-refractivity contribution in [2.24, 2.45) is 0 Å². The van der Waals surface area contributed by atoms with Gasteiger partial charge in [-0.2, -0.15) is 5.10 Å². The minimum atomic E-state index is -0.153. The Hall–Kier alpha value is -2.67. The second kappa shape index (κ2) is 6.84. The Labute approximate surface area is 145 Å². The van der Waals surface area contributed by atoms with E-state index in [2.05, 4.69) is 10.4 Å². The number of carbonyl (C=O) groups is 1. The van der Waals surface area contributed by atoms with Gasteiger partial charge in [0.2, 0.25) is 10.7 Å². The van der Waals surface area contributed by atoms with Crippen LogP contribution in [0.2, 0.25) is 0 Å². The molecular formula is C17H19N5OS. The first-order valence-electron chi connectivity index (χ1n) is 7.78. The van der Waals surface area contributed by atoms with E-state index in [9.17, 15) is 4.79 Å². The molecule has 3 aromatic rings. The number of carbonyl (C=O) groups excluding carboxylic acids is 1. The second-order valence-corrected chi connectivity index (χ2v) is 5.81. The number of aryl methyl sites for hydroxylation is 2. The molecule has 0 aliphatic carbocycles. The average molecular weight is 341 g/mol. The Morgan fingerprint density at radius 3 is 2.58 bits per heavy atom. The van der Waals surface area contributed by atoms with Gasteiger partial charge in [-0.3, -0.25) is 9.47 Å². The van der Waals surface area contributed by atoms with Crippen LogP contribution in [-0.2, 0) is 17.8 Å². The van der Waals surface area contributed by atoms with E-state index in [0.717, 1.165) is 17.1 Å². The number of hydrogen-bond acceptors (Lipinski definition) is 3. The molecule has 7 heteroatoms. The van der Waals surface area contributed by atoms with Gasteiger partial charge in [0.05, 0.1) is 0 Å². The van der Waals surface area contributed by atoms with Crippen LogP contribution >= 0.6 is 12.2 Å². The number of anilines is 1. The van der Waals surface area contributed by atoms with Gasteiger partial charge in [-0.1, -0.05) is 25.1 Å². The summed E-state index contributed by atoms with van der Waals surface area (Å²) in [5.74, 6) is 0.653. The lowest BCUT2D eigenvalue weighted by molar-refractivity contribution is -0.116. The van der Waals surface area contributed by atoms with Crippen molar-refractivity contribution in [2.45, 2.75) is 26.8 Å². The molecule has 0 fully saturated rings. The van der Waals surface area contributed by atoms with Crippen molar-refractivity contribution < 1.29 is 4.79 Å². The lowest BCUT2D eigenvalue weighted by Gasteiger charge is -2.08. The van der Waals surface area contributed by atoms with Gasteiger partial charge in [0.25, 0.3) is 0 Å². The minimum Gasteiger partial charge on any atom is -0.324 e. The van der Waals surface area contributed by atoms with Crippen LogP contribution in [0.3, 0.4) is 0 Å². The SMILES string of the molecule is CCc1nn(CC(=O)Nc2ccccc2C)c(=S)n1-n1cccc1. The summed E-state index contributed by atoms with van der Waals surface area (Å²) in [5.41, 5.74) is 1.82. The molecule has 3 rings (SSSR count). The molecule has 0 saturated heterocycles. The quantitative estimate of drug-likeness (QED) is 0.726. The second-order valence-electron chi connectivity index (χ2n) is 5.45. The summed E-state index contributed by atoms with van der Waals surface area (Å²) >= 11 is 5.50. The smallest absolute Gasteiger partial charge is 0.246 e. The zero-order valence-corrected chi connectivity index (χ0v) is 14.5. The van der Waals surface area contributed by atoms with E-state index >= 15 is 0 Å². The fourth-order valence-corrected chi connectivity index (χ4v) is 2.80. The highest BCUT2D eigenvalue weighted by atomic mass is 32.1. The van der Waals surface area contributed by atoms with Crippen molar-refractivity contribution in [3.8, 4) is 0 Å². The van der Waals surface area contributed by atoms with Crippen LogP contribution < -0.4 is 5.32 Å². The van der Waals surface area contributed by atoms with Crippen LogP contribution in [0.4, 0.5) is 5.69 Å². The minimum absolute atomic E-state index is 0.0778. The summed E-state index contributed by atoms with van der Waals surface area (Å²) in [6, 6.07) is 11.5. The summed E-state index contributed by atoms with van der Waals surface area (Å²) in [5, 5.41) is 7.39. The third-order valence-electron chi connectivity index (χ3n) is 3.73. The van der Waals surface area contributed by atoms with Gasteiger partial charge in [0.15, 0.2) is 5.82 Å². The largest absolute Gasteiger partial charge is 0.324 e. The molecule has 0 aliphatic rings. The van der Waals surface area contributed by atoms with Crippen LogP contribution in [0.1, 0.15) is 18.3 Å². The van der Waals surface area contributed by atoms with Crippen molar-refractivity contribution in [3.63, 3.8) is 0 Å². The fourth-order valence-electron chi connectivity index (χ4n) is 2.50. The average Bonchev–Trinajstić information content (AvgIpc) is 3.18. The molecule has 6 nitrogen and oxygen atoms in total. The zero-order chi connectivity index (χ0) is 17.1. The Bertz CT molecular complexity index is 907. The van der Waals surface area contributed by atoms with Crippen molar-refractivity contribution >= 4 is 23.8 Å². The van der Waals surface area contributed by atoms with E-state index in [0.29, 0.717) is 11.2 Å². The summed E-state index contributed by atoms with van der Waals surface area (Å²) in [6.07, 6.45) is 4.51. The topological polar surface area (TPSA) is 56.8 Å². The van der Waals surface area contributed by atoms with Crippen molar-refractivity contribution in [3.05, 3.63) is 65.0 Å². The van der Waals surface area contributed by atoms with E-state index in [1.807, 2.05) is 72.0 Å². The number of amides is 1. The molecule has 0 spiro atoms. The monoisotopic (exact) mass is 341 g/mol. The first kappa shape index (κ1) is 16.2. The normalized spacial score (nSPS) is 10.8. The molecule has 0 unspecified atom stereocenters. The molecule has 0 bridgehead atoms. The molecule has 0 aliphatic heterocycles. The third kappa shape index (κ3) is 3.16. The number of para-hydroxylation sites is 1. The van der Waals surface area contributed by atoms with E-state index in [-0.39, 0.29) is 12.5 Å². The van der Waals surface area contributed by atoms with E-state index in [1.165, 1.54) is 0 Å². The highest BCUT2D eigenvalue weighted by Crippen LogP contribution is 2.13. The number of nitrogens with zero attached hydrogens (tertiary/aromatic N) is 4. The maximum atomic E-state index is 12.3. The molecular weight excluding hydrogens is 322 g/mol. The highest BCUT2D eigenvalue weighted by molar-refractivity contribution is 7.71. The molecule has 0 radical (unpaired) electrons. The molecule has 1 N–H and O–H groups in total. The number of benzene rings is 1. The molecule has 1 amide bonds. The Kier molecular flexibility index (Phi) is 4.61. The predicted molar refractivity (Wildman–Crippen MR) is 95.5 cm³/mol. The zero-order valence-electron chi connectivity index (χ0n) is 13.6. The van der Waals surface area contributed by atoms with E-state index in [1.54, 1.807) is 4.68 Å². The summed E-state index contributed by atoms with van der Waals surface area (Å²) in [6.45, 7) is 4.04. The van der Waals surface area contributed by atoms with Gasteiger partial charge in [0.1, 0.15) is 6.54 Å². The number of rotatable bonds is 5. The lowest BCUT2D eigenvalue weighted by Crippen LogP contribution is -2.20. The molecule has 124 valence electrons. The Morgan fingerprint density at radius 1 is 1.21 bits per heavy atom.